The van der Waals surface area contributed by atoms with E-state index in [0.717, 1.165) is 27.9 Å². The van der Waals surface area contributed by atoms with Gasteiger partial charge < -0.3 is 15.9 Å². The number of rotatable bonds is 9. The highest BCUT2D eigenvalue weighted by molar-refractivity contribution is 5.66. The molecule has 0 spiro atoms. The van der Waals surface area contributed by atoms with Crippen molar-refractivity contribution < 1.29 is 15.0 Å². The molecule has 0 bridgehead atoms. The number of benzene rings is 2. The fraction of sp³-hybridized carbons (Fsp3) is 0.379. The maximum Gasteiger partial charge on any atom is 0.408 e. The molecule has 35 heavy (non-hydrogen) atoms. The first-order chi connectivity index (χ1) is 16.5. The van der Waals surface area contributed by atoms with Crippen LogP contribution in [0.4, 0.5) is 4.79 Å². The van der Waals surface area contributed by atoms with Gasteiger partial charge in [0.2, 0.25) is 0 Å². The maximum absolute atomic E-state index is 12.2. The predicted molar refractivity (Wildman–Crippen MR) is 140 cm³/mol. The minimum absolute atomic E-state index is 0.290. The Balaban J connectivity index is 1.71. The largest absolute Gasteiger partial charge is 0.465 e. The molecule has 1 aromatic heterocycles. The van der Waals surface area contributed by atoms with E-state index in [1.807, 2.05) is 101 Å². The molecule has 3 aromatic rings. The number of carboxylic acid groups (broad SMARTS) is 1. The smallest absolute Gasteiger partial charge is 0.408 e. The molecule has 186 valence electrons. The van der Waals surface area contributed by atoms with E-state index in [9.17, 15) is 15.0 Å². The monoisotopic (exact) mass is 475 g/mol. The van der Waals surface area contributed by atoms with Crippen LogP contribution in [0.2, 0.25) is 0 Å². The van der Waals surface area contributed by atoms with Gasteiger partial charge in [-0.15, -0.1) is 0 Å². The van der Waals surface area contributed by atoms with Gasteiger partial charge in [-0.3, -0.25) is 9.88 Å². The molecule has 6 heteroatoms. The molecule has 6 nitrogen and oxygen atoms in total. The fourth-order valence-corrected chi connectivity index (χ4v) is 4.48. The zero-order chi connectivity index (χ0) is 25.6. The summed E-state index contributed by atoms with van der Waals surface area (Å²) in [5, 5.41) is 21.2. The Hall–Kier alpha value is -3.22. The Kier molecular flexibility index (Phi) is 8.65. The van der Waals surface area contributed by atoms with Crippen LogP contribution in [0.5, 0.6) is 0 Å². The number of hydrogen-bond acceptors (Lipinski definition) is 4. The highest BCUT2D eigenvalue weighted by Crippen LogP contribution is 2.25. The number of carbonyl (C=O) groups is 1. The fourth-order valence-electron chi connectivity index (χ4n) is 4.48. The van der Waals surface area contributed by atoms with Gasteiger partial charge >= 0.3 is 6.09 Å². The number of nitrogens with two attached hydrogens (primary N) is 1. The number of aromatic nitrogens is 1. The molecule has 1 heterocycles. The first-order valence-corrected chi connectivity index (χ1v) is 12.1. The highest BCUT2D eigenvalue weighted by atomic mass is 16.4. The van der Waals surface area contributed by atoms with Crippen LogP contribution >= 0.6 is 0 Å². The van der Waals surface area contributed by atoms with Crippen molar-refractivity contribution in [2.24, 2.45) is 5.73 Å². The van der Waals surface area contributed by atoms with Gasteiger partial charge in [0, 0.05) is 23.3 Å². The second-order valence-electron chi connectivity index (χ2n) is 10.3. The Labute approximate surface area is 208 Å². The van der Waals surface area contributed by atoms with Gasteiger partial charge in [-0.1, -0.05) is 60.7 Å². The van der Waals surface area contributed by atoms with Crippen LogP contribution in [0.15, 0.2) is 72.9 Å². The summed E-state index contributed by atoms with van der Waals surface area (Å²) in [4.78, 5) is 18.0. The van der Waals surface area contributed by atoms with Crippen molar-refractivity contribution in [3.05, 3.63) is 89.6 Å². The Morgan fingerprint density at radius 1 is 0.971 bits per heavy atom. The Morgan fingerprint density at radius 3 is 2.14 bits per heavy atom. The molecule has 0 unspecified atom stereocenters. The topological polar surface area (TPSA) is 99.7 Å². The Morgan fingerprint density at radius 2 is 1.60 bits per heavy atom. The highest BCUT2D eigenvalue weighted by Gasteiger charge is 2.37. The number of aryl methyl sites for hydroxylation is 1. The first kappa shape index (κ1) is 26.4. The van der Waals surface area contributed by atoms with E-state index in [2.05, 4.69) is 4.98 Å². The number of amides is 1. The minimum atomic E-state index is -1.05. The van der Waals surface area contributed by atoms with E-state index in [1.54, 1.807) is 0 Å². The van der Waals surface area contributed by atoms with E-state index >= 15 is 0 Å². The van der Waals surface area contributed by atoms with Crippen LogP contribution in [0.1, 0.15) is 43.9 Å². The standard InChI is InChI=1S/C29H37N3O3/c1-20-10-15-25(31-19-20)23-13-11-22(12-14-23)16-24(30)18-27(33)26(17-21-8-6-5-7-9-21)32(28(34)35)29(2,3)4/h5-15,19,24,26-27,33H,16-18,30H2,1-4H3,(H,34,35)/t24-,26-,27-/m0/s1. The van der Waals surface area contributed by atoms with E-state index < -0.39 is 23.8 Å². The third-order valence-corrected chi connectivity index (χ3v) is 6.20. The molecule has 2 aromatic carbocycles. The summed E-state index contributed by atoms with van der Waals surface area (Å²) in [6.45, 7) is 7.54. The molecule has 0 saturated carbocycles. The van der Waals surface area contributed by atoms with Crippen molar-refractivity contribution in [3.63, 3.8) is 0 Å². The van der Waals surface area contributed by atoms with Crippen LogP contribution in [0.3, 0.4) is 0 Å². The van der Waals surface area contributed by atoms with Crippen molar-refractivity contribution in [2.75, 3.05) is 0 Å². The summed E-state index contributed by atoms with van der Waals surface area (Å²) in [6.07, 6.45) is 1.18. The average Bonchev–Trinajstić information content (AvgIpc) is 2.79. The number of aliphatic hydroxyl groups excluding tert-OH is 1. The molecule has 3 atom stereocenters. The van der Waals surface area contributed by atoms with Crippen LogP contribution in [-0.4, -0.2) is 49.9 Å². The van der Waals surface area contributed by atoms with Gasteiger partial charge in [0.1, 0.15) is 0 Å². The molecular weight excluding hydrogens is 438 g/mol. The molecule has 0 aliphatic heterocycles. The zero-order valence-electron chi connectivity index (χ0n) is 21.1. The lowest BCUT2D eigenvalue weighted by atomic mass is 9.90. The normalized spacial score (nSPS) is 14.2. The molecule has 0 saturated heterocycles. The molecule has 0 aliphatic rings. The van der Waals surface area contributed by atoms with Crippen LogP contribution in [0, 0.1) is 6.92 Å². The number of pyridine rings is 1. The summed E-state index contributed by atoms with van der Waals surface area (Å²) < 4.78 is 0. The van der Waals surface area contributed by atoms with Gasteiger partial charge in [-0.05, 0) is 69.7 Å². The third kappa shape index (κ3) is 7.38. The lowest BCUT2D eigenvalue weighted by Crippen LogP contribution is -2.57. The lowest BCUT2D eigenvalue weighted by molar-refractivity contribution is 0.00174. The number of aliphatic hydroxyl groups is 1. The first-order valence-electron chi connectivity index (χ1n) is 12.1. The molecular formula is C29H37N3O3. The van der Waals surface area contributed by atoms with Crippen molar-refractivity contribution in [3.8, 4) is 11.3 Å². The van der Waals surface area contributed by atoms with Crippen LogP contribution in [-0.2, 0) is 12.8 Å². The molecule has 0 fully saturated rings. The molecule has 1 amide bonds. The van der Waals surface area contributed by atoms with Gasteiger partial charge in [0.25, 0.3) is 0 Å². The molecule has 0 radical (unpaired) electrons. The molecule has 0 aliphatic carbocycles. The number of nitrogens with zero attached hydrogens (tertiary/aromatic N) is 2. The summed E-state index contributed by atoms with van der Waals surface area (Å²) in [5.41, 5.74) is 10.9. The lowest BCUT2D eigenvalue weighted by Gasteiger charge is -2.42. The summed E-state index contributed by atoms with van der Waals surface area (Å²) in [6, 6.07) is 20.9. The van der Waals surface area contributed by atoms with Crippen molar-refractivity contribution in [1.29, 1.82) is 0 Å². The number of hydrogen-bond donors (Lipinski definition) is 3. The molecule has 4 N–H and O–H groups in total. The van der Waals surface area contributed by atoms with Crippen LogP contribution < -0.4 is 5.73 Å². The maximum atomic E-state index is 12.2. The van der Waals surface area contributed by atoms with Crippen molar-refractivity contribution in [1.82, 2.24) is 9.88 Å². The SMILES string of the molecule is Cc1ccc(-c2ccc(C[C@H](N)C[C@H](O)[C@H](Cc3ccccc3)N(C(=O)O)C(C)(C)C)cc2)nc1. The van der Waals surface area contributed by atoms with Gasteiger partial charge in [-0.25, -0.2) is 4.79 Å². The van der Waals surface area contributed by atoms with E-state index in [-0.39, 0.29) is 6.04 Å². The quantitative estimate of drug-likeness (QED) is 0.401. The summed E-state index contributed by atoms with van der Waals surface area (Å²) in [7, 11) is 0. The van der Waals surface area contributed by atoms with E-state index in [1.165, 1.54) is 4.90 Å². The molecule has 3 rings (SSSR count). The van der Waals surface area contributed by atoms with E-state index in [4.69, 9.17) is 5.73 Å². The van der Waals surface area contributed by atoms with Gasteiger partial charge in [0.15, 0.2) is 0 Å². The van der Waals surface area contributed by atoms with Gasteiger partial charge in [0.05, 0.1) is 17.8 Å². The second kappa shape index (κ2) is 11.5. The van der Waals surface area contributed by atoms with E-state index in [0.29, 0.717) is 19.3 Å². The summed E-state index contributed by atoms with van der Waals surface area (Å²) >= 11 is 0. The second-order valence-corrected chi connectivity index (χ2v) is 10.3. The van der Waals surface area contributed by atoms with Gasteiger partial charge in [-0.2, -0.15) is 0 Å². The minimum Gasteiger partial charge on any atom is -0.465 e. The zero-order valence-corrected chi connectivity index (χ0v) is 21.1. The predicted octanol–water partition coefficient (Wildman–Crippen LogP) is 5.07. The van der Waals surface area contributed by atoms with Crippen molar-refractivity contribution >= 4 is 6.09 Å². The Bertz CT molecular complexity index is 1080. The van der Waals surface area contributed by atoms with Crippen LogP contribution in [0.25, 0.3) is 11.3 Å². The summed E-state index contributed by atoms with van der Waals surface area (Å²) in [5.74, 6) is 0. The average molecular weight is 476 g/mol. The third-order valence-electron chi connectivity index (χ3n) is 6.20. The van der Waals surface area contributed by atoms with Crippen molar-refractivity contribution in [2.45, 2.75) is 70.7 Å².